The third-order valence-electron chi connectivity index (χ3n) is 5.35. The minimum Gasteiger partial charge on any atom is -0.384 e. The number of benzene rings is 1. The summed E-state index contributed by atoms with van der Waals surface area (Å²) < 4.78 is 5.61. The lowest BCUT2D eigenvalue weighted by atomic mass is 9.82. The Hall–Kier alpha value is -1.91. The Kier molecular flexibility index (Phi) is 5.71. The van der Waals surface area contributed by atoms with Crippen LogP contribution < -0.4 is 5.01 Å². The topological polar surface area (TPSA) is 28.6 Å². The van der Waals surface area contributed by atoms with Crippen molar-refractivity contribution in [1.82, 2.24) is 9.99 Å². The number of aromatic nitrogens is 1. The van der Waals surface area contributed by atoms with Crippen LogP contribution in [0, 0.1) is 12.3 Å². The summed E-state index contributed by atoms with van der Waals surface area (Å²) >= 11 is 0. The smallest absolute Gasteiger partial charge is 0.0702 e. The normalized spacial score (nSPS) is 20.8. The van der Waals surface area contributed by atoms with Crippen LogP contribution in [0.15, 0.2) is 48.7 Å². The molecule has 4 heteroatoms. The predicted octanol–water partition coefficient (Wildman–Crippen LogP) is 3.71. The fourth-order valence-corrected chi connectivity index (χ4v) is 3.74. The van der Waals surface area contributed by atoms with Gasteiger partial charge in [0, 0.05) is 38.4 Å². The predicted molar refractivity (Wildman–Crippen MR) is 103 cm³/mol. The second-order valence-electron chi connectivity index (χ2n) is 7.24. The van der Waals surface area contributed by atoms with Gasteiger partial charge in [0.25, 0.3) is 0 Å². The Morgan fingerprint density at radius 1 is 1.20 bits per heavy atom. The quantitative estimate of drug-likeness (QED) is 0.769. The number of nitrogens with zero attached hydrogens (tertiary/aromatic N) is 3. The van der Waals surface area contributed by atoms with Gasteiger partial charge >= 0.3 is 0 Å². The van der Waals surface area contributed by atoms with E-state index in [0.29, 0.717) is 0 Å². The summed E-state index contributed by atoms with van der Waals surface area (Å²) in [6.45, 7) is 4.92. The van der Waals surface area contributed by atoms with E-state index in [0.717, 1.165) is 50.3 Å². The average Bonchev–Trinajstić information content (AvgIpc) is 3.06. The lowest BCUT2D eigenvalue weighted by Crippen LogP contribution is -2.41. The summed E-state index contributed by atoms with van der Waals surface area (Å²) in [6.07, 6.45) is 5.38. The highest BCUT2D eigenvalue weighted by Gasteiger charge is 2.39. The summed E-state index contributed by atoms with van der Waals surface area (Å²) in [7, 11) is 3.95. The molecule has 1 saturated heterocycles. The third-order valence-corrected chi connectivity index (χ3v) is 5.35. The minimum atomic E-state index is 0.219. The van der Waals surface area contributed by atoms with E-state index in [-0.39, 0.29) is 5.41 Å². The standard InChI is InChI=1S/C21H29N3O/c1-18-9-10-20(15-22-18)23(2)24-14-13-21(16-24,17-25-3)12-11-19-7-5-4-6-8-19/h4-10,15H,11-14,16-17H2,1-3H3/t21-/m0/s1. The highest BCUT2D eigenvalue weighted by atomic mass is 16.5. The van der Waals surface area contributed by atoms with Crippen LogP contribution in [-0.2, 0) is 11.2 Å². The van der Waals surface area contributed by atoms with Crippen LogP contribution in [0.25, 0.3) is 0 Å². The van der Waals surface area contributed by atoms with Gasteiger partial charge < -0.3 is 9.75 Å². The molecule has 3 rings (SSSR count). The highest BCUT2D eigenvalue weighted by molar-refractivity contribution is 5.42. The van der Waals surface area contributed by atoms with Crippen molar-refractivity contribution < 1.29 is 4.74 Å². The SMILES string of the molecule is COC[C@@]1(CCc2ccccc2)CCN(N(C)c2ccc(C)nc2)C1. The average molecular weight is 339 g/mol. The van der Waals surface area contributed by atoms with E-state index in [2.05, 4.69) is 64.5 Å². The first-order valence-corrected chi connectivity index (χ1v) is 9.06. The molecule has 2 aromatic rings. The number of rotatable bonds is 7. The van der Waals surface area contributed by atoms with Crippen LogP contribution in [0.2, 0.25) is 0 Å². The molecule has 1 aromatic heterocycles. The Labute approximate surface area is 151 Å². The summed E-state index contributed by atoms with van der Waals surface area (Å²) in [5.41, 5.74) is 3.82. The molecule has 1 atom stereocenters. The Morgan fingerprint density at radius 3 is 2.68 bits per heavy atom. The van der Waals surface area contributed by atoms with Crippen molar-refractivity contribution in [3.63, 3.8) is 0 Å². The molecule has 1 aromatic carbocycles. The van der Waals surface area contributed by atoms with E-state index >= 15 is 0 Å². The van der Waals surface area contributed by atoms with Gasteiger partial charge in [-0.1, -0.05) is 30.3 Å². The number of hydrogen-bond donors (Lipinski definition) is 0. The van der Waals surface area contributed by atoms with Gasteiger partial charge in [-0.05, 0) is 43.9 Å². The van der Waals surface area contributed by atoms with Crippen LogP contribution in [0.1, 0.15) is 24.1 Å². The maximum atomic E-state index is 5.61. The Morgan fingerprint density at radius 2 is 2.00 bits per heavy atom. The summed E-state index contributed by atoms with van der Waals surface area (Å²) in [5.74, 6) is 0. The number of methoxy groups -OCH3 is 1. The van der Waals surface area contributed by atoms with Crippen LogP contribution in [-0.4, -0.2) is 43.8 Å². The van der Waals surface area contributed by atoms with Gasteiger partial charge in [-0.2, -0.15) is 0 Å². The molecule has 0 bridgehead atoms. The fraction of sp³-hybridized carbons (Fsp3) is 0.476. The first-order valence-electron chi connectivity index (χ1n) is 9.06. The lowest BCUT2D eigenvalue weighted by molar-refractivity contribution is 0.0765. The van der Waals surface area contributed by atoms with E-state index in [9.17, 15) is 0 Å². The third kappa shape index (κ3) is 4.39. The molecular weight excluding hydrogens is 310 g/mol. The second-order valence-corrected chi connectivity index (χ2v) is 7.24. The first-order chi connectivity index (χ1) is 12.1. The molecule has 2 heterocycles. The van der Waals surface area contributed by atoms with Crippen molar-refractivity contribution in [2.45, 2.75) is 26.2 Å². The zero-order valence-electron chi connectivity index (χ0n) is 15.6. The van der Waals surface area contributed by atoms with Crippen molar-refractivity contribution in [3.8, 4) is 0 Å². The van der Waals surface area contributed by atoms with Crippen LogP contribution in [0.3, 0.4) is 0 Å². The molecule has 0 radical (unpaired) electrons. The number of hydrazine groups is 1. The van der Waals surface area contributed by atoms with Crippen molar-refractivity contribution >= 4 is 5.69 Å². The highest BCUT2D eigenvalue weighted by Crippen LogP contribution is 2.37. The number of aryl methyl sites for hydroxylation is 2. The van der Waals surface area contributed by atoms with E-state index in [1.54, 1.807) is 0 Å². The van der Waals surface area contributed by atoms with Gasteiger partial charge in [-0.3, -0.25) is 4.98 Å². The summed E-state index contributed by atoms with van der Waals surface area (Å²) in [4.78, 5) is 4.43. The first kappa shape index (κ1) is 17.9. The Balaban J connectivity index is 1.66. The van der Waals surface area contributed by atoms with E-state index in [1.165, 1.54) is 5.56 Å². The van der Waals surface area contributed by atoms with Crippen molar-refractivity contribution in [2.24, 2.45) is 5.41 Å². The molecule has 134 valence electrons. The van der Waals surface area contributed by atoms with Gasteiger partial charge in [-0.15, -0.1) is 0 Å². The van der Waals surface area contributed by atoms with Crippen molar-refractivity contribution in [1.29, 1.82) is 0 Å². The molecule has 0 amide bonds. The molecule has 25 heavy (non-hydrogen) atoms. The number of anilines is 1. The molecule has 1 aliphatic heterocycles. The van der Waals surface area contributed by atoms with Crippen LogP contribution >= 0.6 is 0 Å². The number of pyridine rings is 1. The minimum absolute atomic E-state index is 0.219. The molecule has 4 nitrogen and oxygen atoms in total. The molecular formula is C21H29N3O. The molecule has 0 N–H and O–H groups in total. The maximum absolute atomic E-state index is 5.61. The largest absolute Gasteiger partial charge is 0.384 e. The molecule has 0 aliphatic carbocycles. The van der Waals surface area contributed by atoms with Gasteiger partial charge in [0.2, 0.25) is 0 Å². The molecule has 0 saturated carbocycles. The van der Waals surface area contributed by atoms with Gasteiger partial charge in [0.15, 0.2) is 0 Å². The summed E-state index contributed by atoms with van der Waals surface area (Å²) in [5, 5.41) is 4.67. The lowest BCUT2D eigenvalue weighted by Gasteiger charge is -2.33. The van der Waals surface area contributed by atoms with Crippen molar-refractivity contribution in [2.75, 3.05) is 38.9 Å². The van der Waals surface area contributed by atoms with Crippen LogP contribution in [0.5, 0.6) is 0 Å². The van der Waals surface area contributed by atoms with Gasteiger partial charge in [0.05, 0.1) is 18.5 Å². The molecule has 1 aliphatic rings. The number of ether oxygens (including phenoxy) is 1. The summed E-state index contributed by atoms with van der Waals surface area (Å²) in [6, 6.07) is 15.0. The van der Waals surface area contributed by atoms with Gasteiger partial charge in [0.1, 0.15) is 0 Å². The zero-order chi connectivity index (χ0) is 17.7. The fourth-order valence-electron chi connectivity index (χ4n) is 3.74. The van der Waals surface area contributed by atoms with Crippen LogP contribution in [0.4, 0.5) is 5.69 Å². The number of hydrogen-bond acceptors (Lipinski definition) is 4. The Bertz CT molecular complexity index is 659. The van der Waals surface area contributed by atoms with E-state index in [4.69, 9.17) is 4.74 Å². The monoisotopic (exact) mass is 339 g/mol. The second kappa shape index (κ2) is 7.98. The zero-order valence-corrected chi connectivity index (χ0v) is 15.6. The van der Waals surface area contributed by atoms with Crippen molar-refractivity contribution in [3.05, 3.63) is 59.9 Å². The molecule has 1 fully saturated rings. The maximum Gasteiger partial charge on any atom is 0.0702 e. The van der Waals surface area contributed by atoms with E-state index < -0.39 is 0 Å². The van der Waals surface area contributed by atoms with Gasteiger partial charge in [-0.25, -0.2) is 5.01 Å². The molecule has 0 spiro atoms. The molecule has 0 unspecified atom stereocenters. The van der Waals surface area contributed by atoms with E-state index in [1.807, 2.05) is 20.2 Å².